The number of amides is 1. The summed E-state index contributed by atoms with van der Waals surface area (Å²) in [6, 6.07) is 8.41. The molecule has 0 aliphatic carbocycles. The number of thioether (sulfide) groups is 1. The van der Waals surface area contributed by atoms with E-state index in [9.17, 15) is 4.79 Å². The Morgan fingerprint density at radius 1 is 1.27 bits per heavy atom. The first-order valence-corrected chi connectivity index (χ1v) is 10.3. The van der Waals surface area contributed by atoms with Gasteiger partial charge < -0.3 is 9.88 Å². The van der Waals surface area contributed by atoms with E-state index in [1.807, 2.05) is 6.33 Å². The zero-order valence-corrected chi connectivity index (χ0v) is 15.9. The number of aromatic nitrogens is 2. The predicted octanol–water partition coefficient (Wildman–Crippen LogP) is 2.43. The van der Waals surface area contributed by atoms with Crippen molar-refractivity contribution in [2.24, 2.45) is 0 Å². The Balaban J connectivity index is 1.30. The van der Waals surface area contributed by atoms with E-state index in [1.165, 1.54) is 21.8 Å². The summed E-state index contributed by atoms with van der Waals surface area (Å²) in [7, 11) is 2.21. The lowest BCUT2D eigenvalue weighted by Gasteiger charge is -2.49. The van der Waals surface area contributed by atoms with Gasteiger partial charge >= 0.3 is 0 Å². The number of piperidine rings is 1. The number of hydrogen-bond acceptors (Lipinski definition) is 4. The van der Waals surface area contributed by atoms with Crippen molar-refractivity contribution in [1.82, 2.24) is 19.8 Å². The highest BCUT2D eigenvalue weighted by atomic mass is 32.2. The summed E-state index contributed by atoms with van der Waals surface area (Å²) in [6.45, 7) is 2.70. The summed E-state index contributed by atoms with van der Waals surface area (Å²) in [5.74, 6) is 0.307. The number of likely N-dealkylation sites (tertiary alicyclic amines) is 1. The Bertz CT molecular complexity index is 815. The van der Waals surface area contributed by atoms with Gasteiger partial charge in [-0.1, -0.05) is 18.2 Å². The van der Waals surface area contributed by atoms with Crippen LogP contribution in [-0.4, -0.2) is 57.6 Å². The van der Waals surface area contributed by atoms with Crippen molar-refractivity contribution >= 4 is 17.7 Å². The Hall–Kier alpha value is -1.79. The quantitative estimate of drug-likeness (QED) is 0.840. The Labute approximate surface area is 158 Å². The minimum atomic E-state index is -0.00382. The molecule has 3 aliphatic rings. The van der Waals surface area contributed by atoms with E-state index in [4.69, 9.17) is 0 Å². The van der Waals surface area contributed by atoms with Gasteiger partial charge in [-0.3, -0.25) is 9.69 Å². The highest BCUT2D eigenvalue weighted by Gasteiger charge is 2.46. The van der Waals surface area contributed by atoms with E-state index >= 15 is 0 Å². The van der Waals surface area contributed by atoms with Gasteiger partial charge in [-0.25, -0.2) is 4.98 Å². The second-order valence-electron chi connectivity index (χ2n) is 7.68. The molecule has 1 saturated heterocycles. The Morgan fingerprint density at radius 2 is 2.08 bits per heavy atom. The van der Waals surface area contributed by atoms with E-state index in [1.54, 1.807) is 11.8 Å². The topological polar surface area (TPSA) is 52.2 Å². The van der Waals surface area contributed by atoms with Gasteiger partial charge in [0.2, 0.25) is 5.91 Å². The molecule has 6 heteroatoms. The summed E-state index contributed by atoms with van der Waals surface area (Å²) in [6.07, 6.45) is 5.67. The molecule has 1 fully saturated rings. The molecule has 26 heavy (non-hydrogen) atoms. The molecular formula is C20H24N4OS. The highest BCUT2D eigenvalue weighted by Crippen LogP contribution is 2.43. The third-order valence-electron chi connectivity index (χ3n) is 6.41. The molecule has 1 amide bonds. The number of benzene rings is 1. The number of rotatable bonds is 1. The van der Waals surface area contributed by atoms with Crippen LogP contribution >= 0.6 is 11.8 Å². The van der Waals surface area contributed by atoms with Crippen LogP contribution in [0.15, 0.2) is 35.5 Å². The monoisotopic (exact) mass is 368 g/mol. The van der Waals surface area contributed by atoms with Crippen molar-refractivity contribution in [3.63, 3.8) is 0 Å². The summed E-state index contributed by atoms with van der Waals surface area (Å²) < 4.78 is 0. The minimum absolute atomic E-state index is 0.00382. The van der Waals surface area contributed by atoms with Crippen LogP contribution in [0.5, 0.6) is 0 Å². The van der Waals surface area contributed by atoms with E-state index in [0.717, 1.165) is 45.3 Å². The standard InChI is InChI=1S/C20H24N4OS/c1-23-9-6-15-18(22-13-21-15)20(23)7-10-24(11-8-20)19(25)17-12-14-4-2-3-5-16(14)26-17/h2-5,13,17H,6-12H2,1H3,(H,21,22)/t17-/m0/s1. The summed E-state index contributed by atoms with van der Waals surface area (Å²) >= 11 is 1.74. The molecule has 0 radical (unpaired) electrons. The van der Waals surface area contributed by atoms with Crippen LogP contribution < -0.4 is 0 Å². The number of hydrogen-bond donors (Lipinski definition) is 1. The summed E-state index contributed by atoms with van der Waals surface area (Å²) in [4.78, 5) is 26.9. The number of fused-ring (bicyclic) bond motifs is 3. The molecule has 5 rings (SSSR count). The molecule has 1 N–H and O–H groups in total. The van der Waals surface area contributed by atoms with E-state index in [2.05, 4.69) is 51.1 Å². The second kappa shape index (κ2) is 6.13. The lowest BCUT2D eigenvalue weighted by molar-refractivity contribution is -0.133. The van der Waals surface area contributed by atoms with Gasteiger partial charge in [0.05, 0.1) is 22.8 Å². The van der Waals surface area contributed by atoms with E-state index < -0.39 is 0 Å². The molecule has 1 aromatic heterocycles. The van der Waals surface area contributed by atoms with Gasteiger partial charge in [-0.2, -0.15) is 0 Å². The van der Waals surface area contributed by atoms with Crippen molar-refractivity contribution in [2.45, 2.75) is 41.4 Å². The average Bonchev–Trinajstić information content (AvgIpc) is 3.32. The smallest absolute Gasteiger partial charge is 0.236 e. The van der Waals surface area contributed by atoms with Crippen molar-refractivity contribution in [2.75, 3.05) is 26.7 Å². The number of nitrogens with zero attached hydrogens (tertiary/aromatic N) is 3. The lowest BCUT2D eigenvalue weighted by atomic mass is 9.79. The number of H-pyrrole nitrogens is 1. The third kappa shape index (κ3) is 2.42. The van der Waals surface area contributed by atoms with Crippen molar-refractivity contribution in [1.29, 1.82) is 0 Å². The second-order valence-corrected chi connectivity index (χ2v) is 8.92. The van der Waals surface area contributed by atoms with Gasteiger partial charge in [0.25, 0.3) is 0 Å². The minimum Gasteiger partial charge on any atom is -0.348 e. The predicted molar refractivity (Wildman–Crippen MR) is 102 cm³/mol. The largest absolute Gasteiger partial charge is 0.348 e. The maximum absolute atomic E-state index is 13.1. The fraction of sp³-hybridized carbons (Fsp3) is 0.500. The molecule has 1 atom stereocenters. The van der Waals surface area contributed by atoms with Gasteiger partial charge in [0.15, 0.2) is 0 Å². The number of imidazole rings is 1. The fourth-order valence-corrected chi connectivity index (χ4v) is 6.11. The van der Waals surface area contributed by atoms with Gasteiger partial charge in [0.1, 0.15) is 0 Å². The fourth-order valence-electron chi connectivity index (χ4n) is 4.83. The molecule has 4 heterocycles. The normalized spacial score (nSPS) is 24.5. The van der Waals surface area contributed by atoms with Crippen molar-refractivity contribution in [3.8, 4) is 0 Å². The first-order valence-electron chi connectivity index (χ1n) is 9.45. The lowest BCUT2D eigenvalue weighted by Crippen LogP contribution is -2.56. The van der Waals surface area contributed by atoms with Crippen LogP contribution in [-0.2, 0) is 23.2 Å². The van der Waals surface area contributed by atoms with Gasteiger partial charge in [-0.05, 0) is 37.9 Å². The van der Waals surface area contributed by atoms with Gasteiger partial charge in [0, 0.05) is 36.6 Å². The molecule has 136 valence electrons. The zero-order chi connectivity index (χ0) is 17.7. The summed E-state index contributed by atoms with van der Waals surface area (Å²) in [5, 5.41) is 0.0477. The third-order valence-corrected chi connectivity index (χ3v) is 7.72. The first kappa shape index (κ1) is 16.4. The van der Waals surface area contributed by atoms with E-state index in [0.29, 0.717) is 5.91 Å². The molecule has 0 bridgehead atoms. The van der Waals surface area contributed by atoms with Crippen LogP contribution in [0.3, 0.4) is 0 Å². The first-order chi connectivity index (χ1) is 12.7. The number of carbonyl (C=O) groups is 1. The molecule has 1 aromatic carbocycles. The molecule has 0 unspecified atom stereocenters. The Morgan fingerprint density at radius 3 is 2.88 bits per heavy atom. The number of carbonyl (C=O) groups excluding carboxylic acids is 1. The number of aromatic amines is 1. The molecule has 0 saturated carbocycles. The van der Waals surface area contributed by atoms with Crippen LogP contribution in [0.25, 0.3) is 0 Å². The molecular weight excluding hydrogens is 344 g/mol. The SMILES string of the molecule is CN1CCc2[nH]cnc2C12CCN(C(=O)[C@@H]1Cc3ccccc3S1)CC2. The number of nitrogens with one attached hydrogen (secondary N) is 1. The molecule has 2 aromatic rings. The van der Waals surface area contributed by atoms with Gasteiger partial charge in [-0.15, -0.1) is 11.8 Å². The number of likely N-dealkylation sites (N-methyl/N-ethyl adjacent to an activating group) is 1. The van der Waals surface area contributed by atoms with Crippen LogP contribution in [0.2, 0.25) is 0 Å². The Kier molecular flexibility index (Phi) is 3.87. The zero-order valence-electron chi connectivity index (χ0n) is 15.1. The molecule has 1 spiro atoms. The van der Waals surface area contributed by atoms with Crippen LogP contribution in [0, 0.1) is 0 Å². The average molecular weight is 369 g/mol. The molecule has 5 nitrogen and oxygen atoms in total. The highest BCUT2D eigenvalue weighted by molar-refractivity contribution is 8.01. The van der Waals surface area contributed by atoms with Crippen molar-refractivity contribution in [3.05, 3.63) is 47.5 Å². The van der Waals surface area contributed by atoms with Crippen LogP contribution in [0.1, 0.15) is 29.8 Å². The van der Waals surface area contributed by atoms with Crippen molar-refractivity contribution < 1.29 is 4.79 Å². The summed E-state index contributed by atoms with van der Waals surface area (Å²) in [5.41, 5.74) is 3.80. The maximum atomic E-state index is 13.1. The maximum Gasteiger partial charge on any atom is 0.236 e. The van der Waals surface area contributed by atoms with Crippen LogP contribution in [0.4, 0.5) is 0 Å². The van der Waals surface area contributed by atoms with E-state index in [-0.39, 0.29) is 10.8 Å². The molecule has 3 aliphatic heterocycles.